The lowest BCUT2D eigenvalue weighted by Gasteiger charge is -2.28. The summed E-state index contributed by atoms with van der Waals surface area (Å²) < 4.78 is 8.37. The predicted octanol–water partition coefficient (Wildman–Crippen LogP) is -0.476. The number of aliphatic hydroxyl groups is 3. The molecule has 0 spiro atoms. The summed E-state index contributed by atoms with van der Waals surface area (Å²) in [5.74, 6) is 0.446. The molecule has 0 saturated heterocycles. The normalized spacial score (nSPS) is 10.7. The van der Waals surface area contributed by atoms with E-state index in [2.05, 4.69) is 5.32 Å². The zero-order valence-electron chi connectivity index (χ0n) is 8.73. The van der Waals surface area contributed by atoms with E-state index in [1.807, 2.05) is 13.8 Å². The second-order valence-corrected chi connectivity index (χ2v) is 3.18. The average molecular weight is 227 g/mol. The predicted molar refractivity (Wildman–Crippen MR) is 58.4 cm³/mol. The summed E-state index contributed by atoms with van der Waals surface area (Å²) >= 11 is 0.666. The molecule has 0 aliphatic rings. The molecular formula is C8H21NO4S. The van der Waals surface area contributed by atoms with Crippen LogP contribution in [-0.2, 0) is 0 Å². The zero-order chi connectivity index (χ0) is 11.4. The summed E-state index contributed by atoms with van der Waals surface area (Å²) in [6.07, 6.45) is 0. The fourth-order valence-corrected chi connectivity index (χ4v) is 0.873. The van der Waals surface area contributed by atoms with E-state index in [0.29, 0.717) is 24.3 Å². The van der Waals surface area contributed by atoms with E-state index in [-0.39, 0.29) is 19.8 Å². The van der Waals surface area contributed by atoms with Crippen molar-refractivity contribution >= 4 is 12.0 Å². The van der Waals surface area contributed by atoms with Crippen LogP contribution in [0.25, 0.3) is 0 Å². The third-order valence-electron chi connectivity index (χ3n) is 1.60. The Morgan fingerprint density at radius 2 is 1.50 bits per heavy atom. The van der Waals surface area contributed by atoms with Gasteiger partial charge in [-0.05, 0) is 12.0 Å². The van der Waals surface area contributed by atoms with Gasteiger partial charge in [-0.3, -0.25) is 0 Å². The molecule has 0 fully saturated rings. The van der Waals surface area contributed by atoms with Crippen LogP contribution in [0, 0.1) is 0 Å². The van der Waals surface area contributed by atoms with Crippen molar-refractivity contribution in [2.45, 2.75) is 19.4 Å². The maximum absolute atomic E-state index is 8.82. The second-order valence-electron chi connectivity index (χ2n) is 2.51. The fraction of sp³-hybridized carbons (Fsp3) is 1.00. The molecule has 0 aromatic heterocycles. The van der Waals surface area contributed by atoms with E-state index in [4.69, 9.17) is 19.9 Å². The van der Waals surface area contributed by atoms with Crippen LogP contribution in [0.1, 0.15) is 13.8 Å². The van der Waals surface area contributed by atoms with Crippen molar-refractivity contribution < 1.29 is 19.9 Å². The van der Waals surface area contributed by atoms with E-state index in [9.17, 15) is 0 Å². The summed E-state index contributed by atoms with van der Waals surface area (Å²) in [5.41, 5.74) is -1.03. The van der Waals surface area contributed by atoms with Crippen LogP contribution < -0.4 is 5.32 Å². The zero-order valence-corrected chi connectivity index (χ0v) is 9.55. The molecule has 0 aliphatic heterocycles. The van der Waals surface area contributed by atoms with Crippen LogP contribution in [0.2, 0.25) is 0 Å². The number of hydrogen-bond donors (Lipinski definition) is 5. The van der Waals surface area contributed by atoms with Crippen molar-refractivity contribution in [1.29, 1.82) is 0 Å². The van der Waals surface area contributed by atoms with Crippen molar-refractivity contribution in [1.82, 2.24) is 5.32 Å². The van der Waals surface area contributed by atoms with Gasteiger partial charge in [0.1, 0.15) is 0 Å². The molecule has 0 aromatic rings. The lowest BCUT2D eigenvalue weighted by Crippen LogP contribution is -2.55. The van der Waals surface area contributed by atoms with Crippen LogP contribution in [0.4, 0.5) is 0 Å². The van der Waals surface area contributed by atoms with Gasteiger partial charge >= 0.3 is 0 Å². The lowest BCUT2D eigenvalue weighted by molar-refractivity contribution is 0.0441. The molecule has 0 amide bonds. The first kappa shape index (κ1) is 16.6. The van der Waals surface area contributed by atoms with E-state index in [0.717, 1.165) is 0 Å². The van der Waals surface area contributed by atoms with Crippen molar-refractivity contribution in [3.63, 3.8) is 0 Å². The molecule has 5 nitrogen and oxygen atoms in total. The van der Waals surface area contributed by atoms with Crippen molar-refractivity contribution in [3.8, 4) is 0 Å². The molecule has 0 saturated carbocycles. The summed E-state index contributed by atoms with van der Waals surface area (Å²) in [4.78, 5) is 0. The monoisotopic (exact) mass is 227 g/mol. The van der Waals surface area contributed by atoms with Gasteiger partial charge in [0, 0.05) is 12.3 Å². The van der Waals surface area contributed by atoms with Gasteiger partial charge in [-0.25, -0.2) is 0 Å². The molecule has 88 valence electrons. The SMILES string of the molecule is CC.OCC(CO)(CO)NCCSO. The molecule has 14 heavy (non-hydrogen) atoms. The molecule has 0 aliphatic carbocycles. The number of nitrogens with one attached hydrogen (secondary N) is 1. The van der Waals surface area contributed by atoms with Crippen LogP contribution in [0.3, 0.4) is 0 Å². The molecule has 0 heterocycles. The van der Waals surface area contributed by atoms with Crippen molar-refractivity contribution in [2.75, 3.05) is 32.1 Å². The summed E-state index contributed by atoms with van der Waals surface area (Å²) in [7, 11) is 0. The van der Waals surface area contributed by atoms with Crippen LogP contribution in [-0.4, -0.2) is 57.5 Å². The number of aliphatic hydroxyl groups excluding tert-OH is 3. The van der Waals surface area contributed by atoms with Gasteiger partial charge < -0.3 is 25.2 Å². The highest BCUT2D eigenvalue weighted by Crippen LogP contribution is 2.01. The maximum atomic E-state index is 8.82. The molecule has 6 heteroatoms. The van der Waals surface area contributed by atoms with Gasteiger partial charge in [-0.15, -0.1) is 0 Å². The van der Waals surface area contributed by atoms with Gasteiger partial charge in [0.15, 0.2) is 0 Å². The highest BCUT2D eigenvalue weighted by atomic mass is 32.2. The van der Waals surface area contributed by atoms with Crippen molar-refractivity contribution in [3.05, 3.63) is 0 Å². The lowest BCUT2D eigenvalue weighted by atomic mass is 10.0. The van der Waals surface area contributed by atoms with Gasteiger partial charge in [0.2, 0.25) is 0 Å². The first-order chi connectivity index (χ1) is 6.74. The minimum absolute atomic E-state index is 0.337. The number of rotatable bonds is 7. The molecular weight excluding hydrogens is 206 g/mol. The highest BCUT2D eigenvalue weighted by Gasteiger charge is 2.26. The minimum Gasteiger partial charge on any atom is -0.394 e. The summed E-state index contributed by atoms with van der Waals surface area (Å²) in [5, 5.41) is 29.2. The third kappa shape index (κ3) is 6.58. The smallest absolute Gasteiger partial charge is 0.0881 e. The molecule has 0 radical (unpaired) electrons. The molecule has 0 aromatic carbocycles. The first-order valence-corrected chi connectivity index (χ1v) is 5.53. The van der Waals surface area contributed by atoms with Crippen LogP contribution in [0.5, 0.6) is 0 Å². The van der Waals surface area contributed by atoms with E-state index in [1.165, 1.54) is 0 Å². The van der Waals surface area contributed by atoms with Crippen molar-refractivity contribution in [2.24, 2.45) is 0 Å². The van der Waals surface area contributed by atoms with Crippen LogP contribution in [0.15, 0.2) is 0 Å². The Bertz CT molecular complexity index is 103. The van der Waals surface area contributed by atoms with Gasteiger partial charge in [0.05, 0.1) is 25.4 Å². The molecule has 0 bridgehead atoms. The van der Waals surface area contributed by atoms with E-state index < -0.39 is 5.54 Å². The Balaban J connectivity index is 0. The Hall–Kier alpha value is 0.150. The summed E-state index contributed by atoms with van der Waals surface area (Å²) in [6, 6.07) is 0. The third-order valence-corrected chi connectivity index (χ3v) is 1.99. The van der Waals surface area contributed by atoms with E-state index in [1.54, 1.807) is 0 Å². The summed E-state index contributed by atoms with van der Waals surface area (Å²) in [6.45, 7) is 3.41. The Morgan fingerprint density at radius 3 is 1.79 bits per heavy atom. The minimum atomic E-state index is -1.03. The van der Waals surface area contributed by atoms with Gasteiger partial charge in [-0.1, -0.05) is 13.8 Å². The Kier molecular flexibility index (Phi) is 13.3. The number of hydrogen-bond acceptors (Lipinski definition) is 6. The standard InChI is InChI=1S/C6H15NO4S.C2H6/c8-3-6(4-9,5-10)7-1-2-12-11;1-2/h7-11H,1-5H2;1-2H3. The quantitative estimate of drug-likeness (QED) is 0.298. The van der Waals surface area contributed by atoms with E-state index >= 15 is 0 Å². The van der Waals surface area contributed by atoms with Crippen LogP contribution >= 0.6 is 12.0 Å². The van der Waals surface area contributed by atoms with Gasteiger partial charge in [0.25, 0.3) is 0 Å². The molecule has 0 rings (SSSR count). The topological polar surface area (TPSA) is 93.0 Å². The maximum Gasteiger partial charge on any atom is 0.0881 e. The van der Waals surface area contributed by atoms with Gasteiger partial charge in [-0.2, -0.15) is 0 Å². The second kappa shape index (κ2) is 11.2. The molecule has 5 N–H and O–H groups in total. The molecule has 0 atom stereocenters. The Morgan fingerprint density at radius 1 is 1.07 bits per heavy atom. The average Bonchev–Trinajstić information content (AvgIpc) is 2.28. The fourth-order valence-electron chi connectivity index (χ4n) is 0.680. The highest BCUT2D eigenvalue weighted by molar-refractivity contribution is 7.93. The molecule has 0 unspecified atom stereocenters. The largest absolute Gasteiger partial charge is 0.394 e. The Labute approximate surface area is 89.4 Å². The first-order valence-electron chi connectivity index (χ1n) is 4.58.